The maximum atomic E-state index is 12.0. The second-order valence-corrected chi connectivity index (χ2v) is 6.35. The molecular formula is C14H25NO3. The van der Waals surface area contributed by atoms with Gasteiger partial charge in [0.05, 0.1) is 5.60 Å². The summed E-state index contributed by atoms with van der Waals surface area (Å²) in [4.78, 5) is 13.8. The van der Waals surface area contributed by atoms with E-state index in [0.717, 1.165) is 25.7 Å². The molecular weight excluding hydrogens is 230 g/mol. The second-order valence-electron chi connectivity index (χ2n) is 6.35. The van der Waals surface area contributed by atoms with Gasteiger partial charge in [0, 0.05) is 13.1 Å². The molecule has 0 radical (unpaired) electrons. The third kappa shape index (κ3) is 3.04. The van der Waals surface area contributed by atoms with Gasteiger partial charge in [-0.2, -0.15) is 0 Å². The van der Waals surface area contributed by atoms with E-state index >= 15 is 0 Å². The van der Waals surface area contributed by atoms with E-state index in [1.165, 1.54) is 0 Å². The summed E-state index contributed by atoms with van der Waals surface area (Å²) < 4.78 is 0. The normalized spacial score (nSPS) is 25.3. The fourth-order valence-corrected chi connectivity index (χ4v) is 2.93. The maximum absolute atomic E-state index is 12.0. The molecule has 0 spiro atoms. The molecule has 1 saturated heterocycles. The van der Waals surface area contributed by atoms with Crippen LogP contribution >= 0.6 is 0 Å². The smallest absolute Gasteiger partial charge is 0.251 e. The number of hydrogen-bond donors (Lipinski definition) is 2. The van der Waals surface area contributed by atoms with Gasteiger partial charge < -0.3 is 15.1 Å². The van der Waals surface area contributed by atoms with Gasteiger partial charge in [-0.15, -0.1) is 0 Å². The zero-order chi connectivity index (χ0) is 13.3. The minimum absolute atomic E-state index is 0.134. The highest BCUT2D eigenvalue weighted by Gasteiger charge is 2.48. The molecule has 2 rings (SSSR count). The lowest BCUT2D eigenvalue weighted by Crippen LogP contribution is -2.46. The summed E-state index contributed by atoms with van der Waals surface area (Å²) in [6, 6.07) is 0. The molecule has 1 heterocycles. The van der Waals surface area contributed by atoms with Crippen LogP contribution in [-0.4, -0.2) is 45.8 Å². The monoisotopic (exact) mass is 255 g/mol. The summed E-state index contributed by atoms with van der Waals surface area (Å²) in [6.07, 6.45) is 3.25. The van der Waals surface area contributed by atoms with Gasteiger partial charge in [-0.05, 0) is 43.9 Å². The number of piperidine rings is 1. The van der Waals surface area contributed by atoms with Gasteiger partial charge in [0.2, 0.25) is 0 Å². The average molecular weight is 255 g/mol. The summed E-state index contributed by atoms with van der Waals surface area (Å²) in [6.45, 7) is 5.37. The van der Waals surface area contributed by atoms with Crippen molar-refractivity contribution < 1.29 is 15.0 Å². The fourth-order valence-electron chi connectivity index (χ4n) is 2.93. The van der Waals surface area contributed by atoms with Gasteiger partial charge in [-0.1, -0.05) is 13.8 Å². The Kier molecular flexibility index (Phi) is 3.97. The Morgan fingerprint density at radius 1 is 1.33 bits per heavy atom. The Morgan fingerprint density at radius 3 is 2.33 bits per heavy atom. The van der Waals surface area contributed by atoms with Crippen molar-refractivity contribution in [3.8, 4) is 0 Å². The Balaban J connectivity index is 1.80. The molecule has 1 amide bonds. The number of rotatable bonds is 4. The highest BCUT2D eigenvalue weighted by Crippen LogP contribution is 2.46. The van der Waals surface area contributed by atoms with Crippen molar-refractivity contribution in [1.82, 2.24) is 4.90 Å². The van der Waals surface area contributed by atoms with Crippen LogP contribution in [0, 0.1) is 11.8 Å². The SMILES string of the molecule is CC(C)CC(O)C(=O)N1CCC(C2(O)CC2)CC1. The van der Waals surface area contributed by atoms with Crippen molar-refractivity contribution in [3.63, 3.8) is 0 Å². The third-order valence-corrected chi connectivity index (χ3v) is 4.31. The van der Waals surface area contributed by atoms with E-state index in [4.69, 9.17) is 0 Å². The van der Waals surface area contributed by atoms with E-state index in [-0.39, 0.29) is 5.91 Å². The predicted octanol–water partition coefficient (Wildman–Crippen LogP) is 1.16. The van der Waals surface area contributed by atoms with Crippen molar-refractivity contribution in [2.45, 2.75) is 57.7 Å². The van der Waals surface area contributed by atoms with Crippen molar-refractivity contribution in [3.05, 3.63) is 0 Å². The standard InChI is InChI=1S/C14H25NO3/c1-10(2)9-12(16)13(17)15-7-3-11(4-8-15)14(18)5-6-14/h10-12,16,18H,3-9H2,1-2H3. The quantitative estimate of drug-likeness (QED) is 0.792. The van der Waals surface area contributed by atoms with Crippen LogP contribution in [0.2, 0.25) is 0 Å². The Hall–Kier alpha value is -0.610. The van der Waals surface area contributed by atoms with Crippen LogP contribution < -0.4 is 0 Å². The lowest BCUT2D eigenvalue weighted by molar-refractivity contribution is -0.143. The predicted molar refractivity (Wildman–Crippen MR) is 68.9 cm³/mol. The molecule has 1 unspecified atom stereocenters. The van der Waals surface area contributed by atoms with E-state index in [2.05, 4.69) is 0 Å². The van der Waals surface area contributed by atoms with Crippen LogP contribution in [0.5, 0.6) is 0 Å². The number of hydrogen-bond acceptors (Lipinski definition) is 3. The summed E-state index contributed by atoms with van der Waals surface area (Å²) in [7, 11) is 0. The van der Waals surface area contributed by atoms with Crippen LogP contribution in [0.25, 0.3) is 0 Å². The molecule has 2 N–H and O–H groups in total. The number of carbonyl (C=O) groups excluding carboxylic acids is 1. The van der Waals surface area contributed by atoms with Gasteiger partial charge in [-0.25, -0.2) is 0 Å². The number of carbonyl (C=O) groups is 1. The number of aliphatic hydroxyl groups is 2. The molecule has 18 heavy (non-hydrogen) atoms. The van der Waals surface area contributed by atoms with Crippen LogP contribution in [0.15, 0.2) is 0 Å². The number of nitrogens with zero attached hydrogens (tertiary/aromatic N) is 1. The molecule has 4 nitrogen and oxygen atoms in total. The first kappa shape index (κ1) is 13.8. The van der Waals surface area contributed by atoms with Gasteiger partial charge >= 0.3 is 0 Å². The molecule has 0 aromatic carbocycles. The minimum Gasteiger partial charge on any atom is -0.390 e. The average Bonchev–Trinajstić information content (AvgIpc) is 3.07. The van der Waals surface area contributed by atoms with Crippen LogP contribution in [0.1, 0.15) is 46.0 Å². The molecule has 0 aromatic rings. The van der Waals surface area contributed by atoms with Crippen molar-refractivity contribution in [1.29, 1.82) is 0 Å². The van der Waals surface area contributed by atoms with Crippen LogP contribution in [-0.2, 0) is 4.79 Å². The fraction of sp³-hybridized carbons (Fsp3) is 0.929. The number of likely N-dealkylation sites (tertiary alicyclic amines) is 1. The van der Waals surface area contributed by atoms with Gasteiger partial charge in [0.15, 0.2) is 0 Å². The molecule has 2 aliphatic rings. The van der Waals surface area contributed by atoms with Crippen molar-refractivity contribution in [2.75, 3.05) is 13.1 Å². The van der Waals surface area contributed by atoms with E-state index in [1.807, 2.05) is 13.8 Å². The summed E-state index contributed by atoms with van der Waals surface area (Å²) in [5, 5.41) is 19.9. The molecule has 1 aliphatic heterocycles. The van der Waals surface area contributed by atoms with Gasteiger partial charge in [0.25, 0.3) is 5.91 Å². The van der Waals surface area contributed by atoms with Crippen LogP contribution in [0.3, 0.4) is 0 Å². The summed E-state index contributed by atoms with van der Waals surface area (Å²) in [5.74, 6) is 0.544. The number of amides is 1. The topological polar surface area (TPSA) is 60.8 Å². The molecule has 0 aromatic heterocycles. The molecule has 1 aliphatic carbocycles. The summed E-state index contributed by atoms with van der Waals surface area (Å²) in [5.41, 5.74) is -0.425. The largest absolute Gasteiger partial charge is 0.390 e. The minimum atomic E-state index is -0.856. The van der Waals surface area contributed by atoms with E-state index in [0.29, 0.717) is 31.3 Å². The van der Waals surface area contributed by atoms with Crippen molar-refractivity contribution >= 4 is 5.91 Å². The Bertz CT molecular complexity index is 304. The maximum Gasteiger partial charge on any atom is 0.251 e. The van der Waals surface area contributed by atoms with Gasteiger partial charge in [0.1, 0.15) is 6.10 Å². The van der Waals surface area contributed by atoms with Gasteiger partial charge in [-0.3, -0.25) is 4.79 Å². The van der Waals surface area contributed by atoms with Crippen LogP contribution in [0.4, 0.5) is 0 Å². The zero-order valence-electron chi connectivity index (χ0n) is 11.4. The molecule has 1 saturated carbocycles. The van der Waals surface area contributed by atoms with E-state index in [1.54, 1.807) is 4.90 Å². The first-order chi connectivity index (χ1) is 8.42. The first-order valence-corrected chi connectivity index (χ1v) is 7.11. The molecule has 104 valence electrons. The molecule has 2 fully saturated rings. The Morgan fingerprint density at radius 2 is 1.89 bits per heavy atom. The zero-order valence-corrected chi connectivity index (χ0v) is 11.4. The van der Waals surface area contributed by atoms with E-state index < -0.39 is 11.7 Å². The Labute approximate surface area is 109 Å². The molecule has 0 bridgehead atoms. The van der Waals surface area contributed by atoms with Crippen molar-refractivity contribution in [2.24, 2.45) is 11.8 Å². The second kappa shape index (κ2) is 5.17. The molecule has 4 heteroatoms. The summed E-state index contributed by atoms with van der Waals surface area (Å²) >= 11 is 0. The third-order valence-electron chi connectivity index (χ3n) is 4.31. The van der Waals surface area contributed by atoms with E-state index in [9.17, 15) is 15.0 Å². The lowest BCUT2D eigenvalue weighted by atomic mass is 9.89. The lowest BCUT2D eigenvalue weighted by Gasteiger charge is -2.35. The first-order valence-electron chi connectivity index (χ1n) is 7.11. The number of aliphatic hydroxyl groups excluding tert-OH is 1. The highest BCUT2D eigenvalue weighted by atomic mass is 16.3. The highest BCUT2D eigenvalue weighted by molar-refractivity contribution is 5.80. The molecule has 1 atom stereocenters.